The molecule has 1 spiro atoms. The first-order chi connectivity index (χ1) is 16.1. The van der Waals surface area contributed by atoms with Crippen molar-refractivity contribution in [3.05, 3.63) is 64.6 Å². The smallest absolute Gasteiger partial charge is 0.120 e. The number of hydrogen-bond donors (Lipinski definition) is 2. The monoisotopic (exact) mass is 465 g/mol. The molecule has 0 bridgehead atoms. The third-order valence-corrected chi connectivity index (χ3v) is 7.59. The van der Waals surface area contributed by atoms with Crippen molar-refractivity contribution in [3.8, 4) is 5.75 Å². The molecule has 4 aliphatic rings. The van der Waals surface area contributed by atoms with Crippen LogP contribution in [0.5, 0.6) is 5.75 Å². The molecule has 184 valence electrons. The molecule has 5 heteroatoms. The van der Waals surface area contributed by atoms with Gasteiger partial charge in [0.25, 0.3) is 0 Å². The maximum Gasteiger partial charge on any atom is 0.120 e. The molecule has 1 aromatic rings. The van der Waals surface area contributed by atoms with Crippen LogP contribution in [0.15, 0.2) is 59.0 Å². The molecule has 2 fully saturated rings. The predicted molar refractivity (Wildman–Crippen MR) is 133 cm³/mol. The van der Waals surface area contributed by atoms with Crippen molar-refractivity contribution in [1.82, 2.24) is 5.32 Å². The van der Waals surface area contributed by atoms with Crippen LogP contribution in [0.2, 0.25) is 0 Å². The van der Waals surface area contributed by atoms with E-state index >= 15 is 0 Å². The van der Waals surface area contributed by atoms with Crippen molar-refractivity contribution in [2.45, 2.75) is 90.8 Å². The van der Waals surface area contributed by atoms with Gasteiger partial charge in [0.2, 0.25) is 0 Å². The molecule has 34 heavy (non-hydrogen) atoms. The molecule has 1 saturated heterocycles. The highest BCUT2D eigenvalue weighted by atomic mass is 16.5. The summed E-state index contributed by atoms with van der Waals surface area (Å²) in [4.78, 5) is 0. The molecule has 5 rings (SSSR count). The average Bonchev–Trinajstić information content (AvgIpc) is 3.07. The number of dihydropyridines is 1. The minimum Gasteiger partial charge on any atom is -0.501 e. The summed E-state index contributed by atoms with van der Waals surface area (Å²) in [5.41, 5.74) is 5.34. The van der Waals surface area contributed by atoms with E-state index in [1.54, 1.807) is 6.26 Å². The van der Waals surface area contributed by atoms with Gasteiger partial charge in [-0.2, -0.15) is 0 Å². The van der Waals surface area contributed by atoms with Crippen molar-refractivity contribution in [2.24, 2.45) is 11.3 Å². The molecule has 0 aromatic heterocycles. The Labute approximate surface area is 203 Å². The van der Waals surface area contributed by atoms with E-state index in [4.69, 9.17) is 14.2 Å². The fourth-order valence-corrected chi connectivity index (χ4v) is 6.24. The largest absolute Gasteiger partial charge is 0.501 e. The number of rotatable bonds is 4. The van der Waals surface area contributed by atoms with E-state index in [0.717, 1.165) is 36.1 Å². The van der Waals surface area contributed by atoms with Crippen LogP contribution in [0.4, 0.5) is 0 Å². The second-order valence-electron chi connectivity index (χ2n) is 11.6. The Morgan fingerprint density at radius 3 is 2.44 bits per heavy atom. The van der Waals surface area contributed by atoms with Gasteiger partial charge in [-0.15, -0.1) is 0 Å². The number of hydrogen-bond acceptors (Lipinski definition) is 5. The van der Waals surface area contributed by atoms with Gasteiger partial charge in [0.1, 0.15) is 17.5 Å². The number of ether oxygens (including phenoxy) is 3. The molecule has 1 saturated carbocycles. The maximum absolute atomic E-state index is 11.5. The third-order valence-electron chi connectivity index (χ3n) is 7.59. The number of aliphatic hydroxyl groups excluding tert-OH is 1. The van der Waals surface area contributed by atoms with Crippen molar-refractivity contribution in [1.29, 1.82) is 0 Å². The Bertz CT molecular complexity index is 1030. The molecule has 3 aliphatic heterocycles. The van der Waals surface area contributed by atoms with E-state index in [1.807, 2.05) is 26.0 Å². The Morgan fingerprint density at radius 1 is 1.09 bits per heavy atom. The maximum atomic E-state index is 11.5. The minimum atomic E-state index is -0.580. The Hall–Kier alpha value is -2.24. The second-order valence-corrected chi connectivity index (χ2v) is 11.6. The zero-order chi connectivity index (χ0) is 24.3. The highest BCUT2D eigenvalue weighted by Crippen LogP contribution is 2.57. The Kier molecular flexibility index (Phi) is 5.84. The molecule has 5 nitrogen and oxygen atoms in total. The lowest BCUT2D eigenvalue weighted by Crippen LogP contribution is -2.50. The Morgan fingerprint density at radius 2 is 1.82 bits per heavy atom. The lowest BCUT2D eigenvalue weighted by atomic mass is 9.65. The first-order valence-corrected chi connectivity index (χ1v) is 12.8. The SMILES string of the molecule is CC(C)Oc1ccc([C@H]2OC3(C=COCC3)C3=C4C(CC(C)(C)C[C@@H]4O)NC(C(C)C)=C32)cc1. The number of nitrogens with one attached hydrogen (secondary N) is 1. The van der Waals surface area contributed by atoms with Gasteiger partial charge in [-0.3, -0.25) is 0 Å². The van der Waals surface area contributed by atoms with E-state index < -0.39 is 11.7 Å². The predicted octanol–water partition coefficient (Wildman–Crippen LogP) is 5.58. The normalized spacial score (nSPS) is 32.1. The van der Waals surface area contributed by atoms with Gasteiger partial charge >= 0.3 is 0 Å². The van der Waals surface area contributed by atoms with Crippen molar-refractivity contribution in [2.75, 3.05) is 6.61 Å². The highest BCUT2D eigenvalue weighted by Gasteiger charge is 2.55. The van der Waals surface area contributed by atoms with Crippen LogP contribution in [0.1, 0.15) is 72.5 Å². The van der Waals surface area contributed by atoms with E-state index in [1.165, 1.54) is 16.8 Å². The first kappa shape index (κ1) is 23.5. The number of aliphatic hydroxyl groups is 1. The lowest BCUT2D eigenvalue weighted by molar-refractivity contribution is -0.0185. The summed E-state index contributed by atoms with van der Waals surface area (Å²) in [6.07, 6.45) is 5.77. The van der Waals surface area contributed by atoms with Crippen LogP contribution >= 0.6 is 0 Å². The summed E-state index contributed by atoms with van der Waals surface area (Å²) >= 11 is 0. The summed E-state index contributed by atoms with van der Waals surface area (Å²) in [6, 6.07) is 8.41. The van der Waals surface area contributed by atoms with Gasteiger partial charge in [-0.05, 0) is 72.9 Å². The molecular weight excluding hydrogens is 426 g/mol. The van der Waals surface area contributed by atoms with Crippen LogP contribution in [0.3, 0.4) is 0 Å². The van der Waals surface area contributed by atoms with Crippen LogP contribution in [-0.2, 0) is 9.47 Å². The molecule has 0 radical (unpaired) electrons. The van der Waals surface area contributed by atoms with Gasteiger partial charge < -0.3 is 24.6 Å². The standard InChI is InChI=1S/C29H39NO4/c1-17(2)26-24-25(23-21(30-26)15-28(5,6)16-22(23)31)29(11-13-32-14-12-29)34-27(24)19-7-9-20(10-8-19)33-18(3)4/h7-11,13,17-18,21-22,27,30-31H,12,14-16H2,1-6H3/t21?,22-,27+,29?/m0/s1. The molecule has 2 unspecified atom stereocenters. The average molecular weight is 466 g/mol. The van der Waals surface area contributed by atoms with Gasteiger partial charge in [0.05, 0.1) is 31.1 Å². The molecule has 3 heterocycles. The van der Waals surface area contributed by atoms with Gasteiger partial charge in [-0.25, -0.2) is 0 Å². The summed E-state index contributed by atoms with van der Waals surface area (Å²) in [5.74, 6) is 1.17. The molecule has 2 N–H and O–H groups in total. The van der Waals surface area contributed by atoms with E-state index in [-0.39, 0.29) is 23.7 Å². The van der Waals surface area contributed by atoms with Crippen LogP contribution in [0.25, 0.3) is 0 Å². The molecule has 1 aliphatic carbocycles. The van der Waals surface area contributed by atoms with Crippen molar-refractivity contribution >= 4 is 0 Å². The number of fused-ring (bicyclic) bond motifs is 3. The summed E-state index contributed by atoms with van der Waals surface area (Å²) in [5, 5.41) is 15.3. The summed E-state index contributed by atoms with van der Waals surface area (Å²) < 4.78 is 18.5. The van der Waals surface area contributed by atoms with Gasteiger partial charge in [0.15, 0.2) is 0 Å². The van der Waals surface area contributed by atoms with Gasteiger partial charge in [-0.1, -0.05) is 39.8 Å². The first-order valence-electron chi connectivity index (χ1n) is 12.8. The zero-order valence-electron chi connectivity index (χ0n) is 21.4. The number of allylic oxidation sites excluding steroid dienone is 1. The Balaban J connectivity index is 1.67. The van der Waals surface area contributed by atoms with Crippen LogP contribution in [0, 0.1) is 11.3 Å². The van der Waals surface area contributed by atoms with E-state index in [2.05, 4.69) is 51.2 Å². The van der Waals surface area contributed by atoms with Gasteiger partial charge in [0, 0.05) is 17.7 Å². The van der Waals surface area contributed by atoms with Crippen molar-refractivity contribution < 1.29 is 19.3 Å². The number of benzene rings is 1. The fourth-order valence-electron chi connectivity index (χ4n) is 6.24. The topological polar surface area (TPSA) is 60.0 Å². The lowest BCUT2D eigenvalue weighted by Gasteiger charge is -2.46. The minimum absolute atomic E-state index is 0.0739. The quantitative estimate of drug-likeness (QED) is 0.608. The summed E-state index contributed by atoms with van der Waals surface area (Å²) in [6.45, 7) is 13.7. The second kappa shape index (κ2) is 8.46. The van der Waals surface area contributed by atoms with Crippen LogP contribution < -0.4 is 10.1 Å². The van der Waals surface area contributed by atoms with E-state index in [9.17, 15) is 5.11 Å². The molecule has 4 atom stereocenters. The molecule has 0 amide bonds. The van der Waals surface area contributed by atoms with E-state index in [0.29, 0.717) is 12.5 Å². The molecule has 1 aromatic carbocycles. The van der Waals surface area contributed by atoms with Crippen molar-refractivity contribution in [3.63, 3.8) is 0 Å². The third kappa shape index (κ3) is 3.97. The highest BCUT2D eigenvalue weighted by molar-refractivity contribution is 5.60. The molecular formula is C29H39NO4. The van der Waals surface area contributed by atoms with Crippen LogP contribution in [-0.4, -0.2) is 35.6 Å². The summed E-state index contributed by atoms with van der Waals surface area (Å²) in [7, 11) is 0. The zero-order valence-corrected chi connectivity index (χ0v) is 21.4. The fraction of sp³-hybridized carbons (Fsp3) is 0.586.